The molecule has 4 nitrogen and oxygen atoms in total. The normalized spacial score (nSPS) is 23.9. The van der Waals surface area contributed by atoms with Gasteiger partial charge in [0.15, 0.2) is 5.15 Å². The molecule has 1 saturated carbocycles. The number of aryl methyl sites for hydroxylation is 1. The number of para-hydroxylation sites is 2. The van der Waals surface area contributed by atoms with Crippen molar-refractivity contribution < 1.29 is 0 Å². The van der Waals surface area contributed by atoms with Crippen LogP contribution >= 0.6 is 11.6 Å². The van der Waals surface area contributed by atoms with Crippen LogP contribution in [0.15, 0.2) is 29.1 Å². The highest BCUT2D eigenvalue weighted by Crippen LogP contribution is 2.40. The average Bonchev–Trinajstić information content (AvgIpc) is 2.97. The van der Waals surface area contributed by atoms with Crippen molar-refractivity contribution in [3.05, 3.63) is 39.8 Å². The second kappa shape index (κ2) is 8.77. The minimum atomic E-state index is -0.167. The molecular formula is C24H34ClN3O. The smallest absolute Gasteiger partial charge is 0.288 e. The largest absolute Gasteiger partial charge is 0.304 e. The summed E-state index contributed by atoms with van der Waals surface area (Å²) in [5, 5.41) is 0.0762. The molecule has 2 aromatic rings. The molecule has 2 aliphatic rings. The molecule has 0 unspecified atom stereocenters. The minimum Gasteiger partial charge on any atom is -0.304 e. The van der Waals surface area contributed by atoms with Crippen molar-refractivity contribution in [2.24, 2.45) is 0 Å². The monoisotopic (exact) mass is 415 g/mol. The lowest BCUT2D eigenvalue weighted by Gasteiger charge is -2.43. The molecule has 2 fully saturated rings. The predicted molar refractivity (Wildman–Crippen MR) is 121 cm³/mol. The first-order chi connectivity index (χ1) is 14.0. The van der Waals surface area contributed by atoms with Crippen LogP contribution in [0, 0.1) is 0 Å². The SMILES string of the molecule is CC1(C)CC[C@@H](CCn2c(=O)c(Cl)nc3ccccc32)N1C1CCCCCCC1. The van der Waals surface area contributed by atoms with Crippen LogP contribution < -0.4 is 5.56 Å². The maximum absolute atomic E-state index is 12.7. The van der Waals surface area contributed by atoms with Crippen LogP contribution in [0.3, 0.4) is 0 Å². The van der Waals surface area contributed by atoms with Crippen molar-refractivity contribution in [3.63, 3.8) is 0 Å². The van der Waals surface area contributed by atoms with E-state index < -0.39 is 0 Å². The second-order valence-electron chi connectivity index (χ2n) is 9.55. The van der Waals surface area contributed by atoms with E-state index in [0.29, 0.717) is 18.6 Å². The molecule has 0 N–H and O–H groups in total. The Bertz CT molecular complexity index is 899. The molecular weight excluding hydrogens is 382 g/mol. The van der Waals surface area contributed by atoms with Gasteiger partial charge in [-0.05, 0) is 58.1 Å². The van der Waals surface area contributed by atoms with E-state index in [-0.39, 0.29) is 16.3 Å². The fourth-order valence-corrected chi connectivity index (χ4v) is 5.93. The van der Waals surface area contributed by atoms with E-state index in [1.165, 1.54) is 57.8 Å². The molecule has 0 amide bonds. The van der Waals surface area contributed by atoms with Crippen molar-refractivity contribution in [1.29, 1.82) is 0 Å². The van der Waals surface area contributed by atoms with E-state index in [1.807, 2.05) is 28.8 Å². The Hall–Kier alpha value is -1.39. The lowest BCUT2D eigenvalue weighted by Crippen LogP contribution is -2.50. The highest BCUT2D eigenvalue weighted by Gasteiger charge is 2.42. The number of aromatic nitrogens is 2. The lowest BCUT2D eigenvalue weighted by molar-refractivity contribution is 0.0533. The number of hydrogen-bond acceptors (Lipinski definition) is 3. The van der Waals surface area contributed by atoms with Crippen molar-refractivity contribution in [3.8, 4) is 0 Å². The van der Waals surface area contributed by atoms with Crippen LogP contribution in [-0.2, 0) is 6.54 Å². The van der Waals surface area contributed by atoms with Gasteiger partial charge >= 0.3 is 0 Å². The third kappa shape index (κ3) is 4.39. The zero-order valence-electron chi connectivity index (χ0n) is 17.9. The summed E-state index contributed by atoms with van der Waals surface area (Å²) in [7, 11) is 0. The molecule has 1 aromatic heterocycles. The Morgan fingerprint density at radius 1 is 1.07 bits per heavy atom. The van der Waals surface area contributed by atoms with Gasteiger partial charge in [0.05, 0.1) is 11.0 Å². The van der Waals surface area contributed by atoms with Crippen LogP contribution in [0.4, 0.5) is 0 Å². The maximum Gasteiger partial charge on any atom is 0.288 e. The van der Waals surface area contributed by atoms with Gasteiger partial charge in [-0.2, -0.15) is 0 Å². The van der Waals surface area contributed by atoms with Crippen LogP contribution in [-0.4, -0.2) is 32.1 Å². The minimum absolute atomic E-state index is 0.0762. The molecule has 0 spiro atoms. The van der Waals surface area contributed by atoms with E-state index >= 15 is 0 Å². The van der Waals surface area contributed by atoms with E-state index in [9.17, 15) is 4.79 Å². The summed E-state index contributed by atoms with van der Waals surface area (Å²) in [6.07, 6.45) is 13.0. The van der Waals surface area contributed by atoms with Crippen molar-refractivity contribution in [2.45, 2.75) is 102 Å². The Kier molecular flexibility index (Phi) is 6.31. The molecule has 1 saturated heterocycles. The van der Waals surface area contributed by atoms with Crippen LogP contribution in [0.5, 0.6) is 0 Å². The van der Waals surface area contributed by atoms with Gasteiger partial charge in [0, 0.05) is 24.2 Å². The molecule has 1 aliphatic heterocycles. The standard InChI is InChI=1S/C24H34ClN3O/c1-24(2)16-14-19(28(24)18-10-6-4-3-5-7-11-18)15-17-27-21-13-9-8-12-20(21)26-22(25)23(27)29/h8-9,12-13,18-19H,3-7,10-11,14-17H2,1-2H3/t19-/m0/s1. The molecule has 0 bridgehead atoms. The number of nitrogens with zero attached hydrogens (tertiary/aromatic N) is 3. The van der Waals surface area contributed by atoms with Crippen LogP contribution in [0.25, 0.3) is 11.0 Å². The first kappa shape index (κ1) is 20.9. The third-order valence-electron chi connectivity index (χ3n) is 7.15. The summed E-state index contributed by atoms with van der Waals surface area (Å²) in [6.45, 7) is 5.53. The highest BCUT2D eigenvalue weighted by molar-refractivity contribution is 6.29. The third-order valence-corrected chi connectivity index (χ3v) is 7.39. The predicted octanol–water partition coefficient (Wildman–Crippen LogP) is 5.80. The van der Waals surface area contributed by atoms with E-state index in [0.717, 1.165) is 17.5 Å². The maximum atomic E-state index is 12.7. The number of likely N-dealkylation sites (tertiary alicyclic amines) is 1. The second-order valence-corrected chi connectivity index (χ2v) is 9.91. The summed E-state index contributed by atoms with van der Waals surface area (Å²) < 4.78 is 1.84. The Balaban J connectivity index is 1.56. The zero-order valence-corrected chi connectivity index (χ0v) is 18.6. The molecule has 0 radical (unpaired) electrons. The van der Waals surface area contributed by atoms with E-state index in [2.05, 4.69) is 23.7 Å². The summed E-state index contributed by atoms with van der Waals surface area (Å²) in [6, 6.07) is 9.03. The summed E-state index contributed by atoms with van der Waals surface area (Å²) >= 11 is 6.16. The van der Waals surface area contributed by atoms with Gasteiger partial charge in [0.25, 0.3) is 5.56 Å². The molecule has 158 valence electrons. The van der Waals surface area contributed by atoms with Crippen molar-refractivity contribution in [1.82, 2.24) is 14.5 Å². The number of rotatable bonds is 4. The van der Waals surface area contributed by atoms with Crippen molar-refractivity contribution >= 4 is 22.6 Å². The van der Waals surface area contributed by atoms with Gasteiger partial charge in [-0.15, -0.1) is 0 Å². The average molecular weight is 416 g/mol. The molecule has 2 heterocycles. The number of benzene rings is 1. The van der Waals surface area contributed by atoms with Gasteiger partial charge in [0.1, 0.15) is 0 Å². The lowest BCUT2D eigenvalue weighted by atomic mass is 9.92. The summed E-state index contributed by atoms with van der Waals surface area (Å²) in [5.74, 6) is 0. The van der Waals surface area contributed by atoms with Gasteiger partial charge in [-0.25, -0.2) is 4.98 Å². The number of fused-ring (bicyclic) bond motifs is 1. The first-order valence-electron chi connectivity index (χ1n) is 11.4. The fourth-order valence-electron chi connectivity index (χ4n) is 5.73. The van der Waals surface area contributed by atoms with Gasteiger partial charge in [0.2, 0.25) is 0 Å². The topological polar surface area (TPSA) is 38.1 Å². The fraction of sp³-hybridized carbons (Fsp3) is 0.667. The van der Waals surface area contributed by atoms with Crippen LogP contribution in [0.2, 0.25) is 5.15 Å². The van der Waals surface area contributed by atoms with Gasteiger partial charge in [-0.3, -0.25) is 9.69 Å². The molecule has 4 rings (SSSR count). The van der Waals surface area contributed by atoms with Crippen LogP contribution in [0.1, 0.15) is 78.1 Å². The zero-order chi connectivity index (χ0) is 20.4. The quantitative estimate of drug-likeness (QED) is 0.633. The Morgan fingerprint density at radius 2 is 1.76 bits per heavy atom. The summed E-state index contributed by atoms with van der Waals surface area (Å²) in [5.41, 5.74) is 1.76. The number of halogens is 1. The number of hydrogen-bond donors (Lipinski definition) is 0. The molecule has 29 heavy (non-hydrogen) atoms. The van der Waals surface area contributed by atoms with E-state index in [1.54, 1.807) is 0 Å². The van der Waals surface area contributed by atoms with E-state index in [4.69, 9.17) is 11.6 Å². The van der Waals surface area contributed by atoms with Gasteiger partial charge in [-0.1, -0.05) is 55.8 Å². The first-order valence-corrected chi connectivity index (χ1v) is 11.8. The molecule has 1 aliphatic carbocycles. The highest BCUT2D eigenvalue weighted by atomic mass is 35.5. The molecule has 1 aromatic carbocycles. The summed E-state index contributed by atoms with van der Waals surface area (Å²) in [4.78, 5) is 19.8. The van der Waals surface area contributed by atoms with Crippen molar-refractivity contribution in [2.75, 3.05) is 0 Å². The Labute approximate surface area is 179 Å². The molecule has 5 heteroatoms. The molecule has 1 atom stereocenters. The van der Waals surface area contributed by atoms with Gasteiger partial charge < -0.3 is 4.57 Å². The Morgan fingerprint density at radius 3 is 2.52 bits per heavy atom.